The number of fused-ring (bicyclic) bond motifs is 1. The first-order valence-corrected chi connectivity index (χ1v) is 7.86. The molecular weight excluding hydrogens is 248 g/mol. The molecule has 0 saturated carbocycles. The zero-order valence-corrected chi connectivity index (χ0v) is 12.3. The highest BCUT2D eigenvalue weighted by Crippen LogP contribution is 2.28. The number of nitrogens with zero attached hydrogens (tertiary/aromatic N) is 1. The smallest absolute Gasteiger partial charge is 0.254 e. The molecule has 108 valence electrons. The molecule has 0 radical (unpaired) electrons. The van der Waals surface area contributed by atoms with Gasteiger partial charge in [0.05, 0.1) is 0 Å². The van der Waals surface area contributed by atoms with Gasteiger partial charge >= 0.3 is 0 Å². The van der Waals surface area contributed by atoms with Gasteiger partial charge in [-0.15, -0.1) is 0 Å². The van der Waals surface area contributed by atoms with Crippen LogP contribution in [0.1, 0.15) is 54.1 Å². The SMILES string of the molecule is CC(N)C1CCCCN1C(=O)c1cccc2c1CCC2. The van der Waals surface area contributed by atoms with Gasteiger partial charge in [0.15, 0.2) is 0 Å². The van der Waals surface area contributed by atoms with E-state index in [4.69, 9.17) is 5.73 Å². The molecule has 3 rings (SSSR count). The minimum atomic E-state index is 0.0519. The summed E-state index contributed by atoms with van der Waals surface area (Å²) >= 11 is 0. The van der Waals surface area contributed by atoms with Crippen molar-refractivity contribution < 1.29 is 4.79 Å². The highest BCUT2D eigenvalue weighted by molar-refractivity contribution is 5.96. The second-order valence-electron chi connectivity index (χ2n) is 6.22. The number of rotatable bonds is 2. The average molecular weight is 272 g/mol. The van der Waals surface area contributed by atoms with Crippen LogP contribution in [0.3, 0.4) is 0 Å². The van der Waals surface area contributed by atoms with Gasteiger partial charge in [-0.05, 0) is 62.6 Å². The zero-order chi connectivity index (χ0) is 14.1. The molecule has 0 spiro atoms. The standard InChI is InChI=1S/C17H24N2O/c1-12(18)16-10-2-3-11-19(16)17(20)15-9-5-7-13-6-4-8-14(13)15/h5,7,9,12,16H,2-4,6,8,10-11,18H2,1H3. The molecular formula is C17H24N2O. The van der Waals surface area contributed by atoms with Gasteiger partial charge < -0.3 is 10.6 Å². The third kappa shape index (κ3) is 2.35. The van der Waals surface area contributed by atoms with E-state index in [2.05, 4.69) is 6.07 Å². The van der Waals surface area contributed by atoms with Crippen molar-refractivity contribution in [2.75, 3.05) is 6.54 Å². The fourth-order valence-corrected chi connectivity index (χ4v) is 3.73. The largest absolute Gasteiger partial charge is 0.334 e. The van der Waals surface area contributed by atoms with E-state index in [-0.39, 0.29) is 18.0 Å². The lowest BCUT2D eigenvalue weighted by Gasteiger charge is -2.38. The van der Waals surface area contributed by atoms with Crippen LogP contribution >= 0.6 is 0 Å². The van der Waals surface area contributed by atoms with Gasteiger partial charge in [-0.1, -0.05) is 12.1 Å². The van der Waals surface area contributed by atoms with Crippen molar-refractivity contribution in [1.29, 1.82) is 0 Å². The molecule has 1 aliphatic heterocycles. The molecule has 2 aliphatic rings. The van der Waals surface area contributed by atoms with Gasteiger partial charge in [0.25, 0.3) is 5.91 Å². The average Bonchev–Trinajstić information content (AvgIpc) is 2.94. The molecule has 1 amide bonds. The normalized spacial score (nSPS) is 23.5. The summed E-state index contributed by atoms with van der Waals surface area (Å²) in [4.78, 5) is 15.0. The number of benzene rings is 1. The van der Waals surface area contributed by atoms with Crippen molar-refractivity contribution in [3.63, 3.8) is 0 Å². The Morgan fingerprint density at radius 2 is 2.15 bits per heavy atom. The van der Waals surface area contributed by atoms with Crippen LogP contribution in [0.4, 0.5) is 0 Å². The molecule has 1 heterocycles. The minimum absolute atomic E-state index is 0.0519. The molecule has 20 heavy (non-hydrogen) atoms. The number of nitrogens with two attached hydrogens (primary N) is 1. The van der Waals surface area contributed by atoms with E-state index in [1.54, 1.807) is 0 Å². The van der Waals surface area contributed by atoms with Crippen LogP contribution in [0.2, 0.25) is 0 Å². The van der Waals surface area contributed by atoms with E-state index < -0.39 is 0 Å². The van der Waals surface area contributed by atoms with Crippen LogP contribution in [-0.4, -0.2) is 29.4 Å². The number of amides is 1. The van der Waals surface area contributed by atoms with Gasteiger partial charge in [0.1, 0.15) is 0 Å². The number of carbonyl (C=O) groups is 1. The number of carbonyl (C=O) groups excluding carboxylic acids is 1. The summed E-state index contributed by atoms with van der Waals surface area (Å²) in [6.45, 7) is 2.88. The molecule has 2 atom stereocenters. The van der Waals surface area contributed by atoms with Gasteiger partial charge in [0, 0.05) is 24.2 Å². The Kier molecular flexibility index (Phi) is 3.79. The third-order valence-corrected chi connectivity index (χ3v) is 4.79. The van der Waals surface area contributed by atoms with E-state index in [1.807, 2.05) is 24.0 Å². The van der Waals surface area contributed by atoms with Gasteiger partial charge in [-0.25, -0.2) is 0 Å². The lowest BCUT2D eigenvalue weighted by Crippen LogP contribution is -2.51. The van der Waals surface area contributed by atoms with Gasteiger partial charge in [-0.3, -0.25) is 4.79 Å². The molecule has 0 bridgehead atoms. The molecule has 1 fully saturated rings. The van der Waals surface area contributed by atoms with Crippen LogP contribution < -0.4 is 5.73 Å². The molecule has 0 aromatic heterocycles. The predicted octanol–water partition coefficient (Wildman–Crippen LogP) is 2.52. The molecule has 3 nitrogen and oxygen atoms in total. The Balaban J connectivity index is 1.90. The highest BCUT2D eigenvalue weighted by Gasteiger charge is 2.31. The van der Waals surface area contributed by atoms with Gasteiger partial charge in [0.2, 0.25) is 0 Å². The zero-order valence-electron chi connectivity index (χ0n) is 12.3. The van der Waals surface area contributed by atoms with Crippen molar-refractivity contribution >= 4 is 5.91 Å². The first-order chi connectivity index (χ1) is 9.68. The molecule has 1 aromatic rings. The fraction of sp³-hybridized carbons (Fsp3) is 0.588. The molecule has 3 heteroatoms. The third-order valence-electron chi connectivity index (χ3n) is 4.79. The Morgan fingerprint density at radius 1 is 1.30 bits per heavy atom. The summed E-state index contributed by atoms with van der Waals surface area (Å²) in [5, 5.41) is 0. The summed E-state index contributed by atoms with van der Waals surface area (Å²) in [6, 6.07) is 6.45. The lowest BCUT2D eigenvalue weighted by molar-refractivity contribution is 0.0583. The Labute approximate surface area is 121 Å². The summed E-state index contributed by atoms with van der Waals surface area (Å²) in [7, 11) is 0. The summed E-state index contributed by atoms with van der Waals surface area (Å²) < 4.78 is 0. The van der Waals surface area contributed by atoms with Gasteiger partial charge in [-0.2, -0.15) is 0 Å². The topological polar surface area (TPSA) is 46.3 Å². The van der Waals surface area contributed by atoms with E-state index in [0.29, 0.717) is 0 Å². The summed E-state index contributed by atoms with van der Waals surface area (Å²) in [5.74, 6) is 0.200. The Hall–Kier alpha value is -1.35. The molecule has 1 aliphatic carbocycles. The molecule has 1 aromatic carbocycles. The van der Waals surface area contributed by atoms with Crippen molar-refractivity contribution in [2.45, 2.75) is 57.5 Å². The minimum Gasteiger partial charge on any atom is -0.334 e. The first kappa shape index (κ1) is 13.6. The number of hydrogen-bond donors (Lipinski definition) is 1. The van der Waals surface area contributed by atoms with E-state index in [1.165, 1.54) is 24.0 Å². The van der Waals surface area contributed by atoms with Crippen LogP contribution in [0.15, 0.2) is 18.2 Å². The maximum absolute atomic E-state index is 12.9. The van der Waals surface area contributed by atoms with E-state index >= 15 is 0 Å². The second-order valence-corrected chi connectivity index (χ2v) is 6.22. The lowest BCUT2D eigenvalue weighted by atomic mass is 9.94. The number of aryl methyl sites for hydroxylation is 1. The number of hydrogen-bond acceptors (Lipinski definition) is 2. The number of likely N-dealkylation sites (tertiary alicyclic amines) is 1. The predicted molar refractivity (Wildman–Crippen MR) is 80.8 cm³/mol. The molecule has 1 saturated heterocycles. The Bertz CT molecular complexity index is 510. The van der Waals surface area contributed by atoms with Crippen LogP contribution in [0.5, 0.6) is 0 Å². The van der Waals surface area contributed by atoms with Crippen LogP contribution in [0.25, 0.3) is 0 Å². The van der Waals surface area contributed by atoms with Crippen molar-refractivity contribution in [2.24, 2.45) is 5.73 Å². The summed E-state index contributed by atoms with van der Waals surface area (Å²) in [5.41, 5.74) is 9.67. The van der Waals surface area contributed by atoms with Crippen molar-refractivity contribution in [3.8, 4) is 0 Å². The van der Waals surface area contributed by atoms with E-state index in [0.717, 1.165) is 37.8 Å². The second kappa shape index (κ2) is 5.57. The van der Waals surface area contributed by atoms with Crippen LogP contribution in [0, 0.1) is 0 Å². The van der Waals surface area contributed by atoms with Crippen molar-refractivity contribution in [1.82, 2.24) is 4.90 Å². The highest BCUT2D eigenvalue weighted by atomic mass is 16.2. The quantitative estimate of drug-likeness (QED) is 0.899. The monoisotopic (exact) mass is 272 g/mol. The van der Waals surface area contributed by atoms with Crippen molar-refractivity contribution in [3.05, 3.63) is 34.9 Å². The fourth-order valence-electron chi connectivity index (χ4n) is 3.73. The summed E-state index contributed by atoms with van der Waals surface area (Å²) in [6.07, 6.45) is 6.67. The number of piperidine rings is 1. The molecule has 2 unspecified atom stereocenters. The van der Waals surface area contributed by atoms with Crippen LogP contribution in [-0.2, 0) is 12.8 Å². The molecule has 2 N–H and O–H groups in total. The maximum Gasteiger partial charge on any atom is 0.254 e. The first-order valence-electron chi connectivity index (χ1n) is 7.86. The van der Waals surface area contributed by atoms with E-state index in [9.17, 15) is 4.79 Å². The maximum atomic E-state index is 12.9. The Morgan fingerprint density at radius 3 is 2.95 bits per heavy atom.